The Morgan fingerprint density at radius 2 is 1.95 bits per heavy atom. The summed E-state index contributed by atoms with van der Waals surface area (Å²) in [5.41, 5.74) is 6.27. The van der Waals surface area contributed by atoms with Crippen molar-refractivity contribution in [2.75, 3.05) is 13.7 Å². The van der Waals surface area contributed by atoms with E-state index < -0.39 is 5.54 Å². The van der Waals surface area contributed by atoms with Gasteiger partial charge in [0, 0.05) is 0 Å². The SMILES string of the molecule is CCC(C)c1ccc(OCCCC(C)(N)C(=O)OC)cc1. The van der Waals surface area contributed by atoms with E-state index >= 15 is 0 Å². The number of hydrogen-bond acceptors (Lipinski definition) is 4. The number of rotatable bonds is 8. The maximum atomic E-state index is 11.4. The van der Waals surface area contributed by atoms with Gasteiger partial charge in [-0.1, -0.05) is 26.0 Å². The van der Waals surface area contributed by atoms with Crippen molar-refractivity contribution in [2.24, 2.45) is 5.73 Å². The van der Waals surface area contributed by atoms with E-state index in [0.717, 1.165) is 12.2 Å². The third-order valence-corrected chi connectivity index (χ3v) is 3.82. The van der Waals surface area contributed by atoms with E-state index in [1.807, 2.05) is 12.1 Å². The van der Waals surface area contributed by atoms with Crippen molar-refractivity contribution in [3.05, 3.63) is 29.8 Å². The molecule has 0 aromatic heterocycles. The van der Waals surface area contributed by atoms with Gasteiger partial charge in [0.25, 0.3) is 0 Å². The molecule has 0 aliphatic heterocycles. The highest BCUT2D eigenvalue weighted by Crippen LogP contribution is 2.21. The Labute approximate surface area is 127 Å². The van der Waals surface area contributed by atoms with Gasteiger partial charge in [0.05, 0.1) is 13.7 Å². The fourth-order valence-corrected chi connectivity index (χ4v) is 2.09. The topological polar surface area (TPSA) is 61.5 Å². The molecule has 2 unspecified atom stereocenters. The molecule has 1 rings (SSSR count). The lowest BCUT2D eigenvalue weighted by Gasteiger charge is -2.21. The molecule has 0 heterocycles. The van der Waals surface area contributed by atoms with E-state index in [1.54, 1.807) is 6.92 Å². The molecule has 4 nitrogen and oxygen atoms in total. The minimum Gasteiger partial charge on any atom is -0.494 e. The molecule has 118 valence electrons. The molecule has 0 fully saturated rings. The van der Waals surface area contributed by atoms with Crippen molar-refractivity contribution in [3.63, 3.8) is 0 Å². The minimum atomic E-state index is -0.946. The fraction of sp³-hybridized carbons (Fsp3) is 0.588. The number of methoxy groups -OCH3 is 1. The number of ether oxygens (including phenoxy) is 2. The highest BCUT2D eigenvalue weighted by Gasteiger charge is 2.28. The maximum Gasteiger partial charge on any atom is 0.325 e. The Morgan fingerprint density at radius 1 is 1.33 bits per heavy atom. The maximum absolute atomic E-state index is 11.4. The van der Waals surface area contributed by atoms with Crippen molar-refractivity contribution in [2.45, 2.75) is 51.5 Å². The lowest BCUT2D eigenvalue weighted by atomic mass is 9.98. The van der Waals surface area contributed by atoms with Crippen LogP contribution < -0.4 is 10.5 Å². The Morgan fingerprint density at radius 3 is 2.48 bits per heavy atom. The van der Waals surface area contributed by atoms with Crippen molar-refractivity contribution in [1.82, 2.24) is 0 Å². The number of nitrogens with two attached hydrogens (primary N) is 1. The van der Waals surface area contributed by atoms with Crippen LogP contribution in [-0.2, 0) is 9.53 Å². The first-order chi connectivity index (χ1) is 9.90. The first-order valence-corrected chi connectivity index (χ1v) is 7.50. The Balaban J connectivity index is 2.38. The number of esters is 1. The van der Waals surface area contributed by atoms with Gasteiger partial charge in [0.15, 0.2) is 0 Å². The summed E-state index contributed by atoms with van der Waals surface area (Å²) in [4.78, 5) is 11.4. The van der Waals surface area contributed by atoms with Gasteiger partial charge >= 0.3 is 5.97 Å². The monoisotopic (exact) mass is 293 g/mol. The molecule has 0 saturated carbocycles. The molecular formula is C17H27NO3. The molecule has 1 aromatic rings. The van der Waals surface area contributed by atoms with Crippen molar-refractivity contribution in [3.8, 4) is 5.75 Å². The zero-order valence-electron chi connectivity index (χ0n) is 13.5. The smallest absolute Gasteiger partial charge is 0.325 e. The van der Waals surface area contributed by atoms with Crippen molar-refractivity contribution in [1.29, 1.82) is 0 Å². The van der Waals surface area contributed by atoms with E-state index in [9.17, 15) is 4.79 Å². The van der Waals surface area contributed by atoms with Crippen LogP contribution in [0.2, 0.25) is 0 Å². The summed E-state index contributed by atoms with van der Waals surface area (Å²) >= 11 is 0. The fourth-order valence-electron chi connectivity index (χ4n) is 2.09. The van der Waals surface area contributed by atoms with E-state index in [1.165, 1.54) is 12.7 Å². The summed E-state index contributed by atoms with van der Waals surface area (Å²) in [5, 5.41) is 0. The second kappa shape index (κ2) is 8.03. The Hall–Kier alpha value is -1.55. The Bertz CT molecular complexity index is 440. The normalized spacial score (nSPS) is 15.1. The number of benzene rings is 1. The Kier molecular flexibility index (Phi) is 6.69. The van der Waals surface area contributed by atoms with Crippen LogP contribution in [0.15, 0.2) is 24.3 Å². The molecule has 0 radical (unpaired) electrons. The first-order valence-electron chi connectivity index (χ1n) is 7.50. The van der Waals surface area contributed by atoms with E-state index in [4.69, 9.17) is 10.5 Å². The van der Waals surface area contributed by atoms with Gasteiger partial charge in [-0.3, -0.25) is 4.79 Å². The summed E-state index contributed by atoms with van der Waals surface area (Å²) in [7, 11) is 1.35. The molecule has 4 heteroatoms. The van der Waals surface area contributed by atoms with Gasteiger partial charge in [-0.2, -0.15) is 0 Å². The molecule has 0 amide bonds. The summed E-state index contributed by atoms with van der Waals surface area (Å²) in [6, 6.07) is 8.18. The van der Waals surface area contributed by atoms with Crippen LogP contribution in [0.1, 0.15) is 51.5 Å². The summed E-state index contributed by atoms with van der Waals surface area (Å²) in [5.74, 6) is 1.02. The van der Waals surface area contributed by atoms with Gasteiger partial charge in [-0.15, -0.1) is 0 Å². The van der Waals surface area contributed by atoms with Crippen molar-refractivity contribution >= 4 is 5.97 Å². The second-order valence-electron chi connectivity index (χ2n) is 5.74. The number of carbonyl (C=O) groups is 1. The molecule has 2 atom stereocenters. The van der Waals surface area contributed by atoms with Gasteiger partial charge in [0.1, 0.15) is 11.3 Å². The van der Waals surface area contributed by atoms with Gasteiger partial charge in [-0.25, -0.2) is 0 Å². The average molecular weight is 293 g/mol. The van der Waals surface area contributed by atoms with Crippen LogP contribution in [-0.4, -0.2) is 25.2 Å². The standard InChI is InChI=1S/C17H27NO3/c1-5-13(2)14-7-9-15(10-8-14)21-12-6-11-17(3,18)16(19)20-4/h7-10,13H,5-6,11-12,18H2,1-4H3. The average Bonchev–Trinajstić information content (AvgIpc) is 2.50. The molecular weight excluding hydrogens is 266 g/mol. The zero-order valence-corrected chi connectivity index (χ0v) is 13.5. The highest BCUT2D eigenvalue weighted by molar-refractivity contribution is 5.79. The van der Waals surface area contributed by atoms with Crippen LogP contribution in [0.3, 0.4) is 0 Å². The number of carbonyl (C=O) groups excluding carboxylic acids is 1. The van der Waals surface area contributed by atoms with E-state index in [-0.39, 0.29) is 5.97 Å². The van der Waals surface area contributed by atoms with Crippen LogP contribution in [0, 0.1) is 0 Å². The lowest BCUT2D eigenvalue weighted by Crippen LogP contribution is -2.45. The highest BCUT2D eigenvalue weighted by atomic mass is 16.5. The van der Waals surface area contributed by atoms with E-state index in [0.29, 0.717) is 25.4 Å². The molecule has 21 heavy (non-hydrogen) atoms. The first kappa shape index (κ1) is 17.5. The number of hydrogen-bond donors (Lipinski definition) is 1. The molecule has 0 aliphatic rings. The third-order valence-electron chi connectivity index (χ3n) is 3.82. The van der Waals surface area contributed by atoms with Gasteiger partial charge in [0.2, 0.25) is 0 Å². The largest absolute Gasteiger partial charge is 0.494 e. The zero-order chi connectivity index (χ0) is 15.9. The molecule has 0 saturated heterocycles. The molecule has 1 aromatic carbocycles. The quantitative estimate of drug-likeness (QED) is 0.590. The van der Waals surface area contributed by atoms with Crippen LogP contribution in [0.5, 0.6) is 5.75 Å². The van der Waals surface area contributed by atoms with Gasteiger partial charge in [-0.05, 0) is 49.8 Å². The molecule has 0 spiro atoms. The summed E-state index contributed by atoms with van der Waals surface area (Å²) in [6.07, 6.45) is 2.36. The molecule has 2 N–H and O–H groups in total. The minimum absolute atomic E-state index is 0.389. The van der Waals surface area contributed by atoms with Crippen LogP contribution in [0.4, 0.5) is 0 Å². The van der Waals surface area contributed by atoms with Gasteiger partial charge < -0.3 is 15.2 Å². The predicted molar refractivity (Wildman–Crippen MR) is 84.5 cm³/mol. The third kappa shape index (κ3) is 5.38. The predicted octanol–water partition coefficient (Wildman–Crippen LogP) is 3.25. The summed E-state index contributed by atoms with van der Waals surface area (Å²) in [6.45, 7) is 6.61. The summed E-state index contributed by atoms with van der Waals surface area (Å²) < 4.78 is 10.3. The lowest BCUT2D eigenvalue weighted by molar-refractivity contribution is -0.146. The van der Waals surface area contributed by atoms with E-state index in [2.05, 4.69) is 30.7 Å². The molecule has 0 aliphatic carbocycles. The second-order valence-corrected chi connectivity index (χ2v) is 5.74. The molecule has 0 bridgehead atoms. The van der Waals surface area contributed by atoms with Crippen LogP contribution >= 0.6 is 0 Å². The van der Waals surface area contributed by atoms with Crippen molar-refractivity contribution < 1.29 is 14.3 Å². The van der Waals surface area contributed by atoms with Crippen LogP contribution in [0.25, 0.3) is 0 Å².